The van der Waals surface area contributed by atoms with Gasteiger partial charge in [-0.3, -0.25) is 14.5 Å². The zero-order chi connectivity index (χ0) is 18.5. The predicted octanol–water partition coefficient (Wildman–Crippen LogP) is 1.56. The summed E-state index contributed by atoms with van der Waals surface area (Å²) in [5.41, 5.74) is 0.640. The third-order valence-electron chi connectivity index (χ3n) is 5.24. The zero-order valence-electron chi connectivity index (χ0n) is 14.8. The first-order valence-corrected chi connectivity index (χ1v) is 9.11. The Kier molecular flexibility index (Phi) is 6.21. The molecule has 0 bridgehead atoms. The topological polar surface area (TPSA) is 70.1 Å². The van der Waals surface area contributed by atoms with Gasteiger partial charge in [-0.05, 0) is 30.7 Å². The highest BCUT2D eigenvalue weighted by molar-refractivity contribution is 5.79. The molecule has 2 heterocycles. The number of hydrogen-bond acceptors (Lipinski definition) is 4. The first kappa shape index (κ1) is 18.8. The average molecular weight is 364 g/mol. The molecular formula is C19H25FN2O4. The van der Waals surface area contributed by atoms with Crippen LogP contribution in [0.1, 0.15) is 24.3 Å². The predicted molar refractivity (Wildman–Crippen MR) is 93.3 cm³/mol. The van der Waals surface area contributed by atoms with E-state index in [1.807, 2.05) is 0 Å². The molecule has 0 radical (unpaired) electrons. The highest BCUT2D eigenvalue weighted by atomic mass is 19.1. The van der Waals surface area contributed by atoms with Crippen molar-refractivity contribution in [1.29, 1.82) is 0 Å². The summed E-state index contributed by atoms with van der Waals surface area (Å²) in [5, 5.41) is 9.51. The molecule has 2 aliphatic heterocycles. The molecule has 1 N–H and O–H groups in total. The van der Waals surface area contributed by atoms with Crippen molar-refractivity contribution in [3.8, 4) is 0 Å². The van der Waals surface area contributed by atoms with E-state index >= 15 is 0 Å². The number of carboxylic acids is 1. The van der Waals surface area contributed by atoms with Crippen molar-refractivity contribution in [1.82, 2.24) is 9.80 Å². The van der Waals surface area contributed by atoms with Crippen LogP contribution >= 0.6 is 0 Å². The second-order valence-electron chi connectivity index (χ2n) is 6.96. The largest absolute Gasteiger partial charge is 0.481 e. The quantitative estimate of drug-likeness (QED) is 0.830. The van der Waals surface area contributed by atoms with Gasteiger partial charge in [0.1, 0.15) is 5.82 Å². The highest BCUT2D eigenvalue weighted by Crippen LogP contribution is 2.33. The summed E-state index contributed by atoms with van der Waals surface area (Å²) >= 11 is 0. The van der Waals surface area contributed by atoms with Gasteiger partial charge in [-0.2, -0.15) is 0 Å². The Morgan fingerprint density at radius 1 is 1.23 bits per heavy atom. The van der Waals surface area contributed by atoms with Crippen LogP contribution in [-0.4, -0.2) is 72.7 Å². The van der Waals surface area contributed by atoms with Crippen LogP contribution in [0.25, 0.3) is 0 Å². The molecule has 2 aliphatic rings. The maximum atomic E-state index is 13.5. The van der Waals surface area contributed by atoms with Gasteiger partial charge in [-0.15, -0.1) is 0 Å². The van der Waals surface area contributed by atoms with E-state index in [0.717, 1.165) is 39.3 Å². The van der Waals surface area contributed by atoms with Crippen molar-refractivity contribution in [2.75, 3.05) is 45.9 Å². The molecule has 0 aromatic heterocycles. The molecule has 0 saturated carbocycles. The normalized spacial score (nSPS) is 24.0. The molecule has 2 fully saturated rings. The Bertz CT molecular complexity index is 648. The summed E-state index contributed by atoms with van der Waals surface area (Å²) in [5.74, 6) is -2.42. The first-order valence-electron chi connectivity index (χ1n) is 9.11. The molecule has 3 rings (SSSR count). The van der Waals surface area contributed by atoms with E-state index in [2.05, 4.69) is 4.90 Å². The minimum Gasteiger partial charge on any atom is -0.481 e. The number of hydrogen-bond donors (Lipinski definition) is 1. The van der Waals surface area contributed by atoms with Gasteiger partial charge in [0.2, 0.25) is 5.91 Å². The Morgan fingerprint density at radius 2 is 2.00 bits per heavy atom. The molecular weight excluding hydrogens is 339 g/mol. The SMILES string of the molecule is O=C(O)[C@@H]1CN(C(=O)CCCN2CCOCC2)C[C@H]1c1cccc(F)c1. The Hall–Kier alpha value is -1.99. The van der Waals surface area contributed by atoms with E-state index in [4.69, 9.17) is 4.74 Å². The Morgan fingerprint density at radius 3 is 2.69 bits per heavy atom. The number of likely N-dealkylation sites (tertiary alicyclic amines) is 1. The Balaban J connectivity index is 1.56. The van der Waals surface area contributed by atoms with Crippen LogP contribution in [-0.2, 0) is 14.3 Å². The molecule has 1 aromatic rings. The lowest BCUT2D eigenvalue weighted by atomic mass is 9.89. The number of carbonyl (C=O) groups is 2. The van der Waals surface area contributed by atoms with E-state index in [1.165, 1.54) is 12.1 Å². The summed E-state index contributed by atoms with van der Waals surface area (Å²) in [4.78, 5) is 28.0. The number of ether oxygens (including phenoxy) is 1. The van der Waals surface area contributed by atoms with Crippen molar-refractivity contribution in [2.24, 2.45) is 5.92 Å². The van der Waals surface area contributed by atoms with Crippen molar-refractivity contribution in [3.63, 3.8) is 0 Å². The number of halogens is 1. The van der Waals surface area contributed by atoms with E-state index in [-0.39, 0.29) is 24.2 Å². The molecule has 26 heavy (non-hydrogen) atoms. The number of rotatable bonds is 6. The zero-order valence-corrected chi connectivity index (χ0v) is 14.8. The van der Waals surface area contributed by atoms with Crippen LogP contribution in [0.3, 0.4) is 0 Å². The first-order chi connectivity index (χ1) is 12.5. The number of carboxylic acid groups (broad SMARTS) is 1. The van der Waals surface area contributed by atoms with Crippen LogP contribution in [0.2, 0.25) is 0 Å². The summed E-state index contributed by atoms with van der Waals surface area (Å²) < 4.78 is 18.8. The molecule has 1 amide bonds. The fourth-order valence-corrected chi connectivity index (χ4v) is 3.77. The minimum absolute atomic E-state index is 0.0246. The standard InChI is InChI=1S/C19H25FN2O4/c20-15-4-1-3-14(11-15)16-12-22(13-17(16)19(24)25)18(23)5-2-6-21-7-9-26-10-8-21/h1,3-4,11,16-17H,2,5-10,12-13H2,(H,24,25)/t16-,17+/m0/s1. The van der Waals surface area contributed by atoms with Crippen molar-refractivity contribution in [2.45, 2.75) is 18.8 Å². The average Bonchev–Trinajstić information content (AvgIpc) is 3.08. The number of aliphatic carboxylic acids is 1. The molecule has 0 unspecified atom stereocenters. The monoisotopic (exact) mass is 364 g/mol. The molecule has 7 heteroatoms. The number of carbonyl (C=O) groups excluding carboxylic acids is 1. The van der Waals surface area contributed by atoms with Crippen LogP contribution in [0.4, 0.5) is 4.39 Å². The van der Waals surface area contributed by atoms with Crippen molar-refractivity contribution < 1.29 is 23.8 Å². The summed E-state index contributed by atoms with van der Waals surface area (Å²) in [6.45, 7) is 4.61. The van der Waals surface area contributed by atoms with Crippen molar-refractivity contribution in [3.05, 3.63) is 35.6 Å². The van der Waals surface area contributed by atoms with Crippen molar-refractivity contribution >= 4 is 11.9 Å². The van der Waals surface area contributed by atoms with Gasteiger partial charge in [-0.25, -0.2) is 4.39 Å². The maximum Gasteiger partial charge on any atom is 0.308 e. The lowest BCUT2D eigenvalue weighted by Gasteiger charge is -2.26. The maximum absolute atomic E-state index is 13.5. The lowest BCUT2D eigenvalue weighted by Crippen LogP contribution is -2.37. The van der Waals surface area contributed by atoms with Crippen LogP contribution in [0.5, 0.6) is 0 Å². The summed E-state index contributed by atoms with van der Waals surface area (Å²) in [7, 11) is 0. The fraction of sp³-hybridized carbons (Fsp3) is 0.579. The number of benzene rings is 1. The Labute approximate surface area is 152 Å². The van der Waals surface area contributed by atoms with E-state index in [9.17, 15) is 19.1 Å². The molecule has 0 spiro atoms. The highest BCUT2D eigenvalue weighted by Gasteiger charge is 2.40. The number of amides is 1. The van der Waals surface area contributed by atoms with Crippen LogP contribution < -0.4 is 0 Å². The van der Waals surface area contributed by atoms with E-state index in [1.54, 1.807) is 17.0 Å². The van der Waals surface area contributed by atoms with Gasteiger partial charge in [0.05, 0.1) is 19.1 Å². The second-order valence-corrected chi connectivity index (χ2v) is 6.96. The third kappa shape index (κ3) is 4.59. The minimum atomic E-state index is -0.942. The summed E-state index contributed by atoms with van der Waals surface area (Å²) in [6, 6.07) is 6.02. The van der Waals surface area contributed by atoms with Crippen LogP contribution in [0, 0.1) is 11.7 Å². The van der Waals surface area contributed by atoms with Gasteiger partial charge < -0.3 is 14.7 Å². The fourth-order valence-electron chi connectivity index (χ4n) is 3.77. The lowest BCUT2D eigenvalue weighted by molar-refractivity contribution is -0.141. The molecule has 0 aliphatic carbocycles. The molecule has 142 valence electrons. The van der Waals surface area contributed by atoms with E-state index < -0.39 is 11.9 Å². The molecule has 6 nitrogen and oxygen atoms in total. The van der Waals surface area contributed by atoms with E-state index in [0.29, 0.717) is 18.5 Å². The second kappa shape index (κ2) is 8.60. The van der Waals surface area contributed by atoms with Gasteiger partial charge in [-0.1, -0.05) is 12.1 Å². The molecule has 1 aromatic carbocycles. The van der Waals surface area contributed by atoms with Gasteiger partial charge in [0, 0.05) is 38.5 Å². The van der Waals surface area contributed by atoms with Gasteiger partial charge in [0.15, 0.2) is 0 Å². The summed E-state index contributed by atoms with van der Waals surface area (Å²) in [6.07, 6.45) is 1.15. The van der Waals surface area contributed by atoms with Gasteiger partial charge in [0.25, 0.3) is 0 Å². The smallest absolute Gasteiger partial charge is 0.308 e. The van der Waals surface area contributed by atoms with Crippen LogP contribution in [0.15, 0.2) is 24.3 Å². The number of nitrogens with zero attached hydrogens (tertiary/aromatic N) is 2. The van der Waals surface area contributed by atoms with Gasteiger partial charge >= 0.3 is 5.97 Å². The number of morpholine rings is 1. The third-order valence-corrected chi connectivity index (χ3v) is 5.24. The molecule has 2 saturated heterocycles. The molecule has 2 atom stereocenters.